The Kier molecular flexibility index (Phi) is 5.43. The van der Waals surface area contributed by atoms with Crippen LogP contribution in [0.5, 0.6) is 0 Å². The number of hydrogen-bond acceptors (Lipinski definition) is 5. The van der Waals surface area contributed by atoms with Crippen LogP contribution >= 0.6 is 0 Å². The van der Waals surface area contributed by atoms with Crippen molar-refractivity contribution in [2.75, 3.05) is 6.61 Å². The zero-order valence-corrected chi connectivity index (χ0v) is 15.2. The summed E-state index contributed by atoms with van der Waals surface area (Å²) < 4.78 is 4.94. The molecule has 1 spiro atoms. The molecule has 4 amide bonds. The minimum Gasteiger partial charge on any atom is -0.455 e. The number of hydrazine groups is 1. The van der Waals surface area contributed by atoms with E-state index in [-0.39, 0.29) is 6.42 Å². The maximum atomic E-state index is 12.6. The summed E-state index contributed by atoms with van der Waals surface area (Å²) in [5, 5.41) is 3.39. The highest BCUT2D eigenvalue weighted by Gasteiger charge is 2.52. The van der Waals surface area contributed by atoms with Crippen molar-refractivity contribution < 1.29 is 23.9 Å². The predicted octanol–water partition coefficient (Wildman–Crippen LogP) is 1.37. The molecule has 144 valence electrons. The lowest BCUT2D eigenvalue weighted by atomic mass is 9.82. The van der Waals surface area contributed by atoms with Crippen molar-refractivity contribution in [1.29, 1.82) is 0 Å². The molecule has 27 heavy (non-hydrogen) atoms. The number of ether oxygens (including phenoxy) is 1. The van der Waals surface area contributed by atoms with Gasteiger partial charge >= 0.3 is 12.0 Å². The number of benzene rings is 1. The Hall–Kier alpha value is -2.90. The van der Waals surface area contributed by atoms with Crippen molar-refractivity contribution >= 4 is 23.8 Å². The van der Waals surface area contributed by atoms with Gasteiger partial charge in [-0.15, -0.1) is 0 Å². The normalized spacial score (nSPS) is 18.3. The highest BCUT2D eigenvalue weighted by Crippen LogP contribution is 2.32. The van der Waals surface area contributed by atoms with E-state index in [0.29, 0.717) is 17.9 Å². The molecule has 1 heterocycles. The maximum Gasteiger partial charge on any atom is 0.344 e. The highest BCUT2D eigenvalue weighted by molar-refractivity contribution is 6.08. The van der Waals surface area contributed by atoms with E-state index >= 15 is 0 Å². The van der Waals surface area contributed by atoms with Crippen molar-refractivity contribution in [2.45, 2.75) is 51.0 Å². The van der Waals surface area contributed by atoms with Gasteiger partial charge in [0.25, 0.3) is 11.8 Å². The second-order valence-electron chi connectivity index (χ2n) is 7.07. The molecule has 0 atom stereocenters. The van der Waals surface area contributed by atoms with Crippen LogP contribution in [-0.4, -0.2) is 41.0 Å². The molecule has 1 saturated heterocycles. The number of nitrogens with one attached hydrogen (secondary N) is 2. The Morgan fingerprint density at radius 3 is 2.48 bits per heavy atom. The van der Waals surface area contributed by atoms with Crippen molar-refractivity contribution in [2.24, 2.45) is 0 Å². The van der Waals surface area contributed by atoms with Crippen molar-refractivity contribution in [3.63, 3.8) is 0 Å². The van der Waals surface area contributed by atoms with Crippen LogP contribution in [0.25, 0.3) is 0 Å². The van der Waals surface area contributed by atoms with Crippen molar-refractivity contribution in [1.82, 2.24) is 15.8 Å². The molecular formula is C19H23N3O5. The minimum atomic E-state index is -0.912. The number of rotatable bonds is 5. The van der Waals surface area contributed by atoms with Gasteiger partial charge in [0.15, 0.2) is 6.61 Å². The fourth-order valence-corrected chi connectivity index (χ4v) is 3.44. The summed E-state index contributed by atoms with van der Waals surface area (Å²) in [5.41, 5.74) is 3.18. The lowest BCUT2D eigenvalue weighted by molar-refractivity contribution is -0.150. The molecule has 8 heteroatoms. The number of amides is 4. The molecule has 1 aliphatic carbocycles. The van der Waals surface area contributed by atoms with Gasteiger partial charge in [-0.1, -0.05) is 49.1 Å². The van der Waals surface area contributed by atoms with E-state index in [2.05, 4.69) is 10.7 Å². The van der Waals surface area contributed by atoms with Gasteiger partial charge in [-0.05, 0) is 25.3 Å². The Bertz CT molecular complexity index is 753. The molecule has 8 nitrogen and oxygen atoms in total. The van der Waals surface area contributed by atoms with E-state index < -0.39 is 36.0 Å². The molecule has 2 N–H and O–H groups in total. The van der Waals surface area contributed by atoms with Crippen LogP contribution < -0.4 is 10.7 Å². The maximum absolute atomic E-state index is 12.6. The van der Waals surface area contributed by atoms with Crippen molar-refractivity contribution in [3.05, 3.63) is 35.4 Å². The van der Waals surface area contributed by atoms with Gasteiger partial charge in [0.05, 0.1) is 6.42 Å². The molecule has 0 unspecified atom stereocenters. The Labute approximate surface area is 157 Å². The second-order valence-corrected chi connectivity index (χ2v) is 7.07. The number of nitrogens with zero attached hydrogens (tertiary/aromatic N) is 1. The summed E-state index contributed by atoms with van der Waals surface area (Å²) in [6, 6.07) is 6.74. The molecule has 0 radical (unpaired) electrons. The lowest BCUT2D eigenvalue weighted by Crippen LogP contribution is -2.51. The number of carbonyl (C=O) groups is 4. The molecular weight excluding hydrogens is 350 g/mol. The topological polar surface area (TPSA) is 105 Å². The third kappa shape index (κ3) is 4.27. The number of imide groups is 1. The van der Waals surface area contributed by atoms with Crippen LogP contribution in [0.4, 0.5) is 4.79 Å². The Morgan fingerprint density at radius 1 is 1.15 bits per heavy atom. The number of esters is 1. The largest absolute Gasteiger partial charge is 0.455 e. The fourth-order valence-electron chi connectivity index (χ4n) is 3.44. The monoisotopic (exact) mass is 373 g/mol. The molecule has 2 aliphatic rings. The van der Waals surface area contributed by atoms with Gasteiger partial charge in [0.2, 0.25) is 0 Å². The van der Waals surface area contributed by atoms with Crippen LogP contribution in [0.2, 0.25) is 0 Å². The number of aryl methyl sites for hydroxylation is 1. The zero-order valence-electron chi connectivity index (χ0n) is 15.2. The molecule has 1 saturated carbocycles. The zero-order chi connectivity index (χ0) is 19.4. The van der Waals surface area contributed by atoms with E-state index in [1.165, 1.54) is 0 Å². The summed E-state index contributed by atoms with van der Waals surface area (Å²) in [5.74, 6) is -1.75. The summed E-state index contributed by atoms with van der Waals surface area (Å²) in [6.07, 6.45) is 3.90. The molecule has 0 bridgehead atoms. The van der Waals surface area contributed by atoms with E-state index in [1.54, 1.807) is 0 Å². The average Bonchev–Trinajstić information content (AvgIpc) is 2.86. The third-order valence-corrected chi connectivity index (χ3v) is 4.94. The van der Waals surface area contributed by atoms with E-state index in [0.717, 1.165) is 30.4 Å². The average molecular weight is 373 g/mol. The fraction of sp³-hybridized carbons (Fsp3) is 0.474. The van der Waals surface area contributed by atoms with Gasteiger partial charge in [0.1, 0.15) is 5.54 Å². The van der Waals surface area contributed by atoms with Crippen LogP contribution in [0, 0.1) is 6.92 Å². The smallest absolute Gasteiger partial charge is 0.344 e. The number of carbonyl (C=O) groups excluding carboxylic acids is 4. The van der Waals surface area contributed by atoms with E-state index in [1.807, 2.05) is 31.2 Å². The quantitative estimate of drug-likeness (QED) is 0.599. The van der Waals surface area contributed by atoms with Crippen LogP contribution in [0.1, 0.15) is 43.2 Å². The molecule has 3 rings (SSSR count). The summed E-state index contributed by atoms with van der Waals surface area (Å²) in [4.78, 5) is 48.5. The first kappa shape index (κ1) is 18.9. The number of urea groups is 1. The van der Waals surface area contributed by atoms with Gasteiger partial charge in [-0.3, -0.25) is 19.8 Å². The Morgan fingerprint density at radius 2 is 1.81 bits per heavy atom. The van der Waals surface area contributed by atoms with E-state index in [9.17, 15) is 19.2 Å². The second kappa shape index (κ2) is 7.77. The third-order valence-electron chi connectivity index (χ3n) is 4.94. The summed E-state index contributed by atoms with van der Waals surface area (Å²) in [7, 11) is 0. The summed E-state index contributed by atoms with van der Waals surface area (Å²) in [6.45, 7) is 1.38. The first-order valence-electron chi connectivity index (χ1n) is 9.07. The van der Waals surface area contributed by atoms with Gasteiger partial charge in [-0.25, -0.2) is 4.79 Å². The van der Waals surface area contributed by atoms with Crippen molar-refractivity contribution in [3.8, 4) is 0 Å². The van der Waals surface area contributed by atoms with Gasteiger partial charge in [0, 0.05) is 0 Å². The molecule has 2 fully saturated rings. The molecule has 1 aliphatic heterocycles. The van der Waals surface area contributed by atoms with E-state index in [4.69, 9.17) is 4.74 Å². The van der Waals surface area contributed by atoms with Gasteiger partial charge < -0.3 is 10.1 Å². The molecule has 0 aromatic heterocycles. The highest BCUT2D eigenvalue weighted by atomic mass is 16.5. The van der Waals surface area contributed by atoms with Crippen LogP contribution in [0.15, 0.2) is 24.3 Å². The lowest BCUT2D eigenvalue weighted by Gasteiger charge is -2.30. The molecule has 1 aromatic carbocycles. The standard InChI is InChI=1S/C19H23N3O5/c1-13-5-7-14(8-6-13)11-16(24)27-12-15(23)21-22-17(25)19(20-18(22)26)9-3-2-4-10-19/h5-8H,2-4,9-12H2,1H3,(H,20,26)(H,21,23). The number of hydrogen-bond donors (Lipinski definition) is 2. The Balaban J connectivity index is 1.49. The minimum absolute atomic E-state index is 0.0415. The van der Waals surface area contributed by atoms with Gasteiger partial charge in [-0.2, -0.15) is 5.01 Å². The summed E-state index contributed by atoms with van der Waals surface area (Å²) >= 11 is 0. The first-order chi connectivity index (χ1) is 12.9. The predicted molar refractivity (Wildman–Crippen MR) is 95.2 cm³/mol. The van der Waals surface area contributed by atoms with Crippen LogP contribution in [0.3, 0.4) is 0 Å². The molecule has 1 aromatic rings. The SMILES string of the molecule is Cc1ccc(CC(=O)OCC(=O)NN2C(=O)NC3(CCCCC3)C2=O)cc1. The van der Waals surface area contributed by atoms with Crippen LogP contribution in [-0.2, 0) is 25.5 Å². The first-order valence-corrected chi connectivity index (χ1v) is 9.07.